The molecule has 0 aliphatic rings. The van der Waals surface area contributed by atoms with Crippen molar-refractivity contribution in [3.63, 3.8) is 0 Å². The molecular formula is C20H16Cl2N2O2. The quantitative estimate of drug-likeness (QED) is 0.491. The SMILES string of the molecule is CC(=NNC(=O)COc1ccc(Cl)cc1Cl)c1ccc2ccccc2c1. The summed E-state index contributed by atoms with van der Waals surface area (Å²) in [5.41, 5.74) is 4.12. The lowest BCUT2D eigenvalue weighted by Crippen LogP contribution is -2.25. The minimum atomic E-state index is -0.379. The highest BCUT2D eigenvalue weighted by atomic mass is 35.5. The highest BCUT2D eigenvalue weighted by Gasteiger charge is 2.07. The van der Waals surface area contributed by atoms with Gasteiger partial charge in [0, 0.05) is 5.02 Å². The van der Waals surface area contributed by atoms with Crippen LogP contribution >= 0.6 is 23.2 Å². The third-order valence-corrected chi connectivity index (χ3v) is 4.30. The first-order valence-electron chi connectivity index (χ1n) is 7.93. The van der Waals surface area contributed by atoms with E-state index in [0.717, 1.165) is 16.3 Å². The number of rotatable bonds is 5. The van der Waals surface area contributed by atoms with Crippen LogP contribution in [0.5, 0.6) is 5.75 Å². The van der Waals surface area contributed by atoms with Crippen LogP contribution in [0.25, 0.3) is 10.8 Å². The Morgan fingerprint density at radius 1 is 1.04 bits per heavy atom. The molecule has 4 nitrogen and oxygen atoms in total. The third-order valence-electron chi connectivity index (χ3n) is 3.77. The number of carbonyl (C=O) groups is 1. The maximum Gasteiger partial charge on any atom is 0.277 e. The molecule has 0 heterocycles. The summed E-state index contributed by atoms with van der Waals surface area (Å²) in [6.45, 7) is 1.64. The standard InChI is InChI=1S/C20H16Cl2N2O2/c1-13(15-7-6-14-4-2-3-5-16(14)10-15)23-24-20(25)12-26-19-9-8-17(21)11-18(19)22/h2-11H,12H2,1H3,(H,24,25). The topological polar surface area (TPSA) is 50.7 Å². The van der Waals surface area contributed by atoms with Crippen LogP contribution in [0.4, 0.5) is 0 Å². The number of nitrogens with one attached hydrogen (secondary N) is 1. The van der Waals surface area contributed by atoms with Gasteiger partial charge in [-0.15, -0.1) is 0 Å². The first-order chi connectivity index (χ1) is 12.5. The lowest BCUT2D eigenvalue weighted by Gasteiger charge is -2.08. The van der Waals surface area contributed by atoms with E-state index in [2.05, 4.69) is 10.5 Å². The number of fused-ring (bicyclic) bond motifs is 1. The molecule has 3 aromatic carbocycles. The third kappa shape index (κ3) is 4.54. The number of carbonyl (C=O) groups excluding carboxylic acids is 1. The second-order valence-electron chi connectivity index (χ2n) is 5.66. The molecule has 1 amide bonds. The normalized spacial score (nSPS) is 11.4. The van der Waals surface area contributed by atoms with Crippen molar-refractivity contribution in [3.8, 4) is 5.75 Å². The largest absolute Gasteiger partial charge is 0.482 e. The van der Waals surface area contributed by atoms with Crippen molar-refractivity contribution in [2.45, 2.75) is 6.92 Å². The van der Waals surface area contributed by atoms with Gasteiger partial charge in [-0.25, -0.2) is 5.43 Å². The highest BCUT2D eigenvalue weighted by molar-refractivity contribution is 6.35. The number of ether oxygens (including phenoxy) is 1. The van der Waals surface area contributed by atoms with Crippen LogP contribution in [-0.2, 0) is 4.79 Å². The molecule has 0 aliphatic heterocycles. The predicted molar refractivity (Wildman–Crippen MR) is 106 cm³/mol. The molecule has 0 radical (unpaired) electrons. The van der Waals surface area contributed by atoms with E-state index in [1.807, 2.05) is 49.4 Å². The number of benzene rings is 3. The van der Waals surface area contributed by atoms with E-state index < -0.39 is 0 Å². The summed E-state index contributed by atoms with van der Waals surface area (Å²) in [6, 6.07) is 18.9. The second-order valence-corrected chi connectivity index (χ2v) is 6.50. The summed E-state index contributed by atoms with van der Waals surface area (Å²) in [4.78, 5) is 11.9. The number of hydrogen-bond acceptors (Lipinski definition) is 3. The Kier molecular flexibility index (Phi) is 5.76. The van der Waals surface area contributed by atoms with Gasteiger partial charge >= 0.3 is 0 Å². The molecule has 3 aromatic rings. The van der Waals surface area contributed by atoms with Gasteiger partial charge < -0.3 is 4.74 Å². The Morgan fingerprint density at radius 2 is 1.81 bits per heavy atom. The van der Waals surface area contributed by atoms with E-state index in [-0.39, 0.29) is 12.5 Å². The molecular weight excluding hydrogens is 371 g/mol. The van der Waals surface area contributed by atoms with Crippen LogP contribution in [0.1, 0.15) is 12.5 Å². The second kappa shape index (κ2) is 8.21. The molecule has 26 heavy (non-hydrogen) atoms. The average Bonchev–Trinajstić information content (AvgIpc) is 2.65. The molecule has 0 saturated heterocycles. The van der Waals surface area contributed by atoms with Crippen molar-refractivity contribution in [2.75, 3.05) is 6.61 Å². The Bertz CT molecular complexity index is 986. The van der Waals surface area contributed by atoms with Crippen molar-refractivity contribution >= 4 is 45.6 Å². The first-order valence-corrected chi connectivity index (χ1v) is 8.69. The fraction of sp³-hybridized carbons (Fsp3) is 0.100. The molecule has 0 unspecified atom stereocenters. The van der Waals surface area contributed by atoms with Crippen LogP contribution in [0.2, 0.25) is 10.0 Å². The molecule has 0 spiro atoms. The zero-order chi connectivity index (χ0) is 18.5. The van der Waals surface area contributed by atoms with Crippen LogP contribution in [0, 0.1) is 0 Å². The summed E-state index contributed by atoms with van der Waals surface area (Å²) < 4.78 is 5.38. The molecule has 132 valence electrons. The zero-order valence-corrected chi connectivity index (χ0v) is 15.5. The van der Waals surface area contributed by atoms with Gasteiger partial charge in [-0.1, -0.05) is 59.6 Å². The maximum absolute atomic E-state index is 11.9. The molecule has 0 bridgehead atoms. The van der Waals surface area contributed by atoms with Crippen LogP contribution in [0.3, 0.4) is 0 Å². The average molecular weight is 387 g/mol. The Morgan fingerprint density at radius 3 is 2.58 bits per heavy atom. The molecule has 0 aromatic heterocycles. The van der Waals surface area contributed by atoms with E-state index in [0.29, 0.717) is 21.5 Å². The van der Waals surface area contributed by atoms with E-state index in [1.54, 1.807) is 18.2 Å². The van der Waals surface area contributed by atoms with Gasteiger partial charge in [-0.3, -0.25) is 4.79 Å². The summed E-state index contributed by atoms with van der Waals surface area (Å²) in [6.07, 6.45) is 0. The first kappa shape index (κ1) is 18.2. The van der Waals surface area contributed by atoms with Gasteiger partial charge in [0.1, 0.15) is 5.75 Å². The predicted octanol–water partition coefficient (Wildman–Crippen LogP) is 5.07. The summed E-state index contributed by atoms with van der Waals surface area (Å²) in [5, 5.41) is 7.25. The maximum atomic E-state index is 11.9. The van der Waals surface area contributed by atoms with Gasteiger partial charge in [-0.05, 0) is 47.5 Å². The number of halogens is 2. The lowest BCUT2D eigenvalue weighted by molar-refractivity contribution is -0.123. The molecule has 6 heteroatoms. The summed E-state index contributed by atoms with van der Waals surface area (Å²) in [7, 11) is 0. The molecule has 0 fully saturated rings. The van der Waals surface area contributed by atoms with E-state index in [4.69, 9.17) is 27.9 Å². The van der Waals surface area contributed by atoms with Crippen molar-refractivity contribution in [1.29, 1.82) is 0 Å². The van der Waals surface area contributed by atoms with Crippen LogP contribution in [0.15, 0.2) is 65.8 Å². The summed E-state index contributed by atoms with van der Waals surface area (Å²) in [5.74, 6) is 0.0117. The minimum absolute atomic E-state index is 0.199. The zero-order valence-electron chi connectivity index (χ0n) is 14.0. The van der Waals surface area contributed by atoms with Gasteiger partial charge in [0.2, 0.25) is 0 Å². The Labute approximate surface area is 161 Å². The van der Waals surface area contributed by atoms with Crippen molar-refractivity contribution < 1.29 is 9.53 Å². The van der Waals surface area contributed by atoms with Crippen molar-refractivity contribution in [3.05, 3.63) is 76.3 Å². The Hall–Kier alpha value is -2.56. The number of nitrogens with zero attached hydrogens (tertiary/aromatic N) is 1. The van der Waals surface area contributed by atoms with Crippen LogP contribution in [-0.4, -0.2) is 18.2 Å². The molecule has 0 atom stereocenters. The minimum Gasteiger partial charge on any atom is -0.482 e. The fourth-order valence-electron chi connectivity index (χ4n) is 2.39. The monoisotopic (exact) mass is 386 g/mol. The number of hydrogen-bond donors (Lipinski definition) is 1. The highest BCUT2D eigenvalue weighted by Crippen LogP contribution is 2.27. The van der Waals surface area contributed by atoms with Gasteiger partial charge in [0.05, 0.1) is 10.7 Å². The number of hydrazone groups is 1. The van der Waals surface area contributed by atoms with E-state index in [1.165, 1.54) is 0 Å². The smallest absolute Gasteiger partial charge is 0.277 e. The van der Waals surface area contributed by atoms with Gasteiger partial charge in [0.25, 0.3) is 5.91 Å². The molecule has 0 aliphatic carbocycles. The van der Waals surface area contributed by atoms with E-state index >= 15 is 0 Å². The van der Waals surface area contributed by atoms with E-state index in [9.17, 15) is 4.79 Å². The Balaban J connectivity index is 1.61. The fourth-order valence-corrected chi connectivity index (χ4v) is 2.86. The van der Waals surface area contributed by atoms with Crippen LogP contribution < -0.4 is 10.2 Å². The summed E-state index contributed by atoms with van der Waals surface area (Å²) >= 11 is 11.8. The van der Waals surface area contributed by atoms with Crippen molar-refractivity contribution in [1.82, 2.24) is 5.43 Å². The lowest BCUT2D eigenvalue weighted by atomic mass is 10.0. The molecule has 0 saturated carbocycles. The molecule has 1 N–H and O–H groups in total. The molecule has 3 rings (SSSR count). The van der Waals surface area contributed by atoms with Crippen molar-refractivity contribution in [2.24, 2.45) is 5.10 Å². The van der Waals surface area contributed by atoms with Gasteiger partial charge in [-0.2, -0.15) is 5.10 Å². The van der Waals surface area contributed by atoms with Gasteiger partial charge in [0.15, 0.2) is 6.61 Å². The number of amides is 1.